The fraction of sp³-hybridized carbons (Fsp3) is 0.909. The Balaban J connectivity index is 2.20. The molecule has 0 aromatic carbocycles. The predicted molar refractivity (Wildman–Crippen MR) is 63.4 cm³/mol. The molecule has 1 unspecified atom stereocenters. The van der Waals surface area contributed by atoms with Gasteiger partial charge in [-0.05, 0) is 26.2 Å². The van der Waals surface area contributed by atoms with Gasteiger partial charge in [-0.15, -0.1) is 0 Å². The molecule has 1 atom stereocenters. The quantitative estimate of drug-likeness (QED) is 0.663. The van der Waals surface area contributed by atoms with E-state index in [9.17, 15) is 0 Å². The average Bonchev–Trinajstić information content (AvgIpc) is 2.82. The van der Waals surface area contributed by atoms with Crippen molar-refractivity contribution < 1.29 is 4.74 Å². The van der Waals surface area contributed by atoms with E-state index in [2.05, 4.69) is 13.8 Å². The first-order valence-corrected chi connectivity index (χ1v) is 5.89. The van der Waals surface area contributed by atoms with E-state index in [0.717, 1.165) is 19.4 Å². The van der Waals surface area contributed by atoms with Crippen LogP contribution in [0, 0.1) is 5.41 Å². The molecule has 1 aliphatic carbocycles. The van der Waals surface area contributed by atoms with E-state index in [1.165, 1.54) is 19.3 Å². The summed E-state index contributed by atoms with van der Waals surface area (Å²) in [4.78, 5) is 0.634. The topological polar surface area (TPSA) is 35.2 Å². The Kier molecular flexibility index (Phi) is 4.32. The van der Waals surface area contributed by atoms with Crippen LogP contribution in [0.25, 0.3) is 0 Å². The van der Waals surface area contributed by atoms with Gasteiger partial charge in [0.25, 0.3) is 0 Å². The molecule has 1 rings (SSSR count). The molecule has 0 amide bonds. The van der Waals surface area contributed by atoms with E-state index in [1.807, 2.05) is 0 Å². The number of rotatable bonds is 7. The number of hydrogen-bond donors (Lipinski definition) is 1. The van der Waals surface area contributed by atoms with E-state index in [4.69, 9.17) is 22.7 Å². The summed E-state index contributed by atoms with van der Waals surface area (Å²) in [5.74, 6) is 0. The third-order valence-electron chi connectivity index (χ3n) is 2.88. The second kappa shape index (κ2) is 5.08. The summed E-state index contributed by atoms with van der Waals surface area (Å²) < 4.78 is 5.80. The SMILES string of the molecule is CCCC(C)OCC1(CC(N)=S)CC1. The molecule has 14 heavy (non-hydrogen) atoms. The Morgan fingerprint density at radius 3 is 2.64 bits per heavy atom. The summed E-state index contributed by atoms with van der Waals surface area (Å²) in [5.41, 5.74) is 5.87. The molecule has 3 heteroatoms. The average molecular weight is 215 g/mol. The van der Waals surface area contributed by atoms with Gasteiger partial charge in [0.05, 0.1) is 17.7 Å². The van der Waals surface area contributed by atoms with Gasteiger partial charge in [-0.1, -0.05) is 25.6 Å². The maximum Gasteiger partial charge on any atom is 0.0733 e. The van der Waals surface area contributed by atoms with Crippen molar-refractivity contribution in [2.24, 2.45) is 11.1 Å². The van der Waals surface area contributed by atoms with Crippen molar-refractivity contribution in [1.29, 1.82) is 0 Å². The van der Waals surface area contributed by atoms with Gasteiger partial charge in [0.15, 0.2) is 0 Å². The van der Waals surface area contributed by atoms with Crippen LogP contribution in [-0.2, 0) is 4.74 Å². The smallest absolute Gasteiger partial charge is 0.0733 e. The minimum atomic E-state index is 0.313. The Morgan fingerprint density at radius 1 is 1.57 bits per heavy atom. The normalized spacial score (nSPS) is 20.4. The summed E-state index contributed by atoms with van der Waals surface area (Å²) in [6.07, 6.45) is 6.02. The number of ether oxygens (including phenoxy) is 1. The van der Waals surface area contributed by atoms with Crippen LogP contribution in [-0.4, -0.2) is 17.7 Å². The first kappa shape index (κ1) is 11.9. The molecule has 1 saturated carbocycles. The molecule has 0 radical (unpaired) electrons. The van der Waals surface area contributed by atoms with Gasteiger partial charge in [0.2, 0.25) is 0 Å². The van der Waals surface area contributed by atoms with Crippen molar-refractivity contribution in [3.63, 3.8) is 0 Å². The Hall–Kier alpha value is -0.150. The fourth-order valence-electron chi connectivity index (χ4n) is 1.73. The van der Waals surface area contributed by atoms with Gasteiger partial charge in [-0.2, -0.15) is 0 Å². The molecule has 82 valence electrons. The molecule has 0 aromatic heterocycles. The summed E-state index contributed by atoms with van der Waals surface area (Å²) in [6, 6.07) is 0. The van der Waals surface area contributed by atoms with Crippen LogP contribution in [0.1, 0.15) is 46.0 Å². The maximum absolute atomic E-state index is 5.80. The van der Waals surface area contributed by atoms with Gasteiger partial charge in [0, 0.05) is 11.8 Å². The summed E-state index contributed by atoms with van der Waals surface area (Å²) in [5, 5.41) is 0. The third kappa shape index (κ3) is 3.93. The zero-order chi connectivity index (χ0) is 10.6. The Bertz CT molecular complexity index is 201. The molecule has 1 fully saturated rings. The number of thiocarbonyl (C=S) groups is 1. The van der Waals surface area contributed by atoms with Gasteiger partial charge in [0.1, 0.15) is 0 Å². The highest BCUT2D eigenvalue weighted by Gasteiger charge is 2.43. The first-order valence-electron chi connectivity index (χ1n) is 5.48. The zero-order valence-corrected chi connectivity index (χ0v) is 10.0. The molecule has 0 aromatic rings. The lowest BCUT2D eigenvalue weighted by Crippen LogP contribution is -2.22. The largest absolute Gasteiger partial charge is 0.393 e. The van der Waals surface area contributed by atoms with Crippen molar-refractivity contribution in [3.8, 4) is 0 Å². The van der Waals surface area contributed by atoms with Crippen molar-refractivity contribution in [2.75, 3.05) is 6.61 Å². The van der Waals surface area contributed by atoms with E-state index < -0.39 is 0 Å². The Morgan fingerprint density at radius 2 is 2.21 bits per heavy atom. The number of hydrogen-bond acceptors (Lipinski definition) is 2. The van der Waals surface area contributed by atoms with Crippen molar-refractivity contribution in [2.45, 2.75) is 52.1 Å². The molecular weight excluding hydrogens is 194 g/mol. The minimum Gasteiger partial charge on any atom is -0.393 e. The van der Waals surface area contributed by atoms with E-state index in [1.54, 1.807) is 0 Å². The minimum absolute atomic E-state index is 0.313. The van der Waals surface area contributed by atoms with Crippen molar-refractivity contribution in [3.05, 3.63) is 0 Å². The van der Waals surface area contributed by atoms with Crippen LogP contribution in [0.15, 0.2) is 0 Å². The second-order valence-corrected chi connectivity index (χ2v) is 5.08. The molecule has 0 aliphatic heterocycles. The summed E-state index contributed by atoms with van der Waals surface area (Å²) >= 11 is 4.94. The summed E-state index contributed by atoms with van der Waals surface area (Å²) in [6.45, 7) is 5.16. The van der Waals surface area contributed by atoms with Crippen LogP contribution < -0.4 is 5.73 Å². The highest BCUT2D eigenvalue weighted by Crippen LogP contribution is 2.49. The van der Waals surface area contributed by atoms with E-state index >= 15 is 0 Å². The molecular formula is C11H21NOS. The predicted octanol–water partition coefficient (Wildman–Crippen LogP) is 2.65. The fourth-order valence-corrected chi connectivity index (χ4v) is 2.03. The van der Waals surface area contributed by atoms with Crippen LogP contribution in [0.3, 0.4) is 0 Å². The van der Waals surface area contributed by atoms with Crippen LogP contribution in [0.5, 0.6) is 0 Å². The molecule has 0 bridgehead atoms. The van der Waals surface area contributed by atoms with Gasteiger partial charge in [-0.3, -0.25) is 0 Å². The van der Waals surface area contributed by atoms with Crippen LogP contribution in [0.4, 0.5) is 0 Å². The Labute approximate surface area is 92.2 Å². The monoisotopic (exact) mass is 215 g/mol. The first-order chi connectivity index (χ1) is 6.58. The standard InChI is InChI=1S/C11H21NOS/c1-3-4-9(2)13-8-11(5-6-11)7-10(12)14/h9H,3-8H2,1-2H3,(H2,12,14). The van der Waals surface area contributed by atoms with Gasteiger partial charge in [-0.25, -0.2) is 0 Å². The second-order valence-electron chi connectivity index (χ2n) is 4.55. The number of nitrogens with two attached hydrogens (primary N) is 1. The zero-order valence-electron chi connectivity index (χ0n) is 9.21. The lowest BCUT2D eigenvalue weighted by Gasteiger charge is -2.18. The molecule has 2 N–H and O–H groups in total. The molecule has 0 spiro atoms. The van der Waals surface area contributed by atoms with Crippen molar-refractivity contribution >= 4 is 17.2 Å². The molecule has 0 saturated heterocycles. The van der Waals surface area contributed by atoms with E-state index in [-0.39, 0.29) is 0 Å². The highest BCUT2D eigenvalue weighted by atomic mass is 32.1. The molecule has 0 heterocycles. The lowest BCUT2D eigenvalue weighted by atomic mass is 10.0. The third-order valence-corrected chi connectivity index (χ3v) is 3.02. The molecule has 1 aliphatic rings. The van der Waals surface area contributed by atoms with Gasteiger partial charge >= 0.3 is 0 Å². The lowest BCUT2D eigenvalue weighted by molar-refractivity contribution is 0.0295. The maximum atomic E-state index is 5.80. The van der Waals surface area contributed by atoms with Gasteiger partial charge < -0.3 is 10.5 Å². The molecule has 2 nitrogen and oxygen atoms in total. The van der Waals surface area contributed by atoms with Crippen LogP contribution in [0.2, 0.25) is 0 Å². The van der Waals surface area contributed by atoms with Crippen molar-refractivity contribution in [1.82, 2.24) is 0 Å². The van der Waals surface area contributed by atoms with E-state index in [0.29, 0.717) is 16.5 Å². The highest BCUT2D eigenvalue weighted by molar-refractivity contribution is 7.80. The summed E-state index contributed by atoms with van der Waals surface area (Å²) in [7, 11) is 0. The van der Waals surface area contributed by atoms with Crippen LogP contribution >= 0.6 is 12.2 Å².